The average Bonchev–Trinajstić information content (AvgIpc) is 3.03. The number of amides is 1. The number of aromatic nitrogens is 2. The fraction of sp³-hybridized carbons (Fsp3) is 0.500. The number of anilines is 1. The summed E-state index contributed by atoms with van der Waals surface area (Å²) in [5, 5.41) is 10.0. The van der Waals surface area contributed by atoms with Crippen molar-refractivity contribution in [2.75, 3.05) is 18.1 Å². The van der Waals surface area contributed by atoms with E-state index in [2.05, 4.69) is 24.0 Å². The van der Waals surface area contributed by atoms with Crippen LogP contribution in [0.1, 0.15) is 40.5 Å². The largest absolute Gasteiger partial charge is 0.494 e. The second kappa shape index (κ2) is 8.78. The highest BCUT2D eigenvalue weighted by Gasteiger charge is 2.20. The number of rotatable bonds is 8. The number of ether oxygens (including phenoxy) is 1. The molecule has 1 amide bonds. The molecular formula is C18H25N3O2S. The van der Waals surface area contributed by atoms with E-state index in [1.807, 2.05) is 38.1 Å². The van der Waals surface area contributed by atoms with Crippen molar-refractivity contribution in [3.63, 3.8) is 0 Å². The molecule has 0 spiro atoms. The standard InChI is InChI=1S/C18H25N3O2S/c1-5-7-16(22)21(12-13(3)4)18-20-19-17(24-18)14-8-10-15(11-9-14)23-6-2/h8-11,13H,5-7,12H2,1-4H3. The van der Waals surface area contributed by atoms with Crippen molar-refractivity contribution < 1.29 is 9.53 Å². The maximum atomic E-state index is 12.4. The molecule has 0 atom stereocenters. The van der Waals surface area contributed by atoms with Crippen LogP contribution in [-0.4, -0.2) is 29.3 Å². The van der Waals surface area contributed by atoms with Gasteiger partial charge in [0.25, 0.3) is 0 Å². The number of benzene rings is 1. The van der Waals surface area contributed by atoms with E-state index in [1.54, 1.807) is 4.90 Å². The zero-order chi connectivity index (χ0) is 17.5. The lowest BCUT2D eigenvalue weighted by molar-refractivity contribution is -0.118. The molecule has 0 bridgehead atoms. The summed E-state index contributed by atoms with van der Waals surface area (Å²) in [6.45, 7) is 9.47. The molecule has 6 heteroatoms. The Kier molecular flexibility index (Phi) is 6.73. The van der Waals surface area contributed by atoms with Gasteiger partial charge in [-0.05, 0) is 43.5 Å². The summed E-state index contributed by atoms with van der Waals surface area (Å²) < 4.78 is 5.46. The third kappa shape index (κ3) is 4.77. The van der Waals surface area contributed by atoms with Crippen molar-refractivity contribution in [1.29, 1.82) is 0 Å². The zero-order valence-corrected chi connectivity index (χ0v) is 15.6. The predicted molar refractivity (Wildman–Crippen MR) is 98.6 cm³/mol. The minimum Gasteiger partial charge on any atom is -0.494 e. The maximum Gasteiger partial charge on any atom is 0.228 e. The molecule has 1 aromatic carbocycles. The molecule has 0 aliphatic heterocycles. The Balaban J connectivity index is 2.21. The summed E-state index contributed by atoms with van der Waals surface area (Å²) >= 11 is 1.45. The number of nitrogens with zero attached hydrogens (tertiary/aromatic N) is 3. The molecular weight excluding hydrogens is 322 g/mol. The van der Waals surface area contributed by atoms with Gasteiger partial charge in [0.2, 0.25) is 11.0 Å². The first-order chi connectivity index (χ1) is 11.5. The maximum absolute atomic E-state index is 12.4. The molecule has 0 unspecified atom stereocenters. The van der Waals surface area contributed by atoms with Crippen molar-refractivity contribution in [3.05, 3.63) is 24.3 Å². The quantitative estimate of drug-likeness (QED) is 0.710. The number of hydrogen-bond donors (Lipinski definition) is 0. The zero-order valence-electron chi connectivity index (χ0n) is 14.8. The Morgan fingerprint density at radius 2 is 1.92 bits per heavy atom. The minimum atomic E-state index is 0.112. The first kappa shape index (κ1) is 18.4. The Labute approximate surface area is 147 Å². The van der Waals surface area contributed by atoms with Gasteiger partial charge in [-0.15, -0.1) is 10.2 Å². The van der Waals surface area contributed by atoms with E-state index in [0.717, 1.165) is 22.7 Å². The smallest absolute Gasteiger partial charge is 0.228 e. The fourth-order valence-corrected chi connectivity index (χ4v) is 3.18. The topological polar surface area (TPSA) is 55.3 Å². The molecule has 1 heterocycles. The molecule has 130 valence electrons. The highest BCUT2D eigenvalue weighted by Crippen LogP contribution is 2.30. The van der Waals surface area contributed by atoms with E-state index in [4.69, 9.17) is 4.74 Å². The molecule has 0 aliphatic carbocycles. The van der Waals surface area contributed by atoms with Gasteiger partial charge in [-0.2, -0.15) is 0 Å². The van der Waals surface area contributed by atoms with Crippen molar-refractivity contribution in [2.45, 2.75) is 40.5 Å². The molecule has 1 aromatic heterocycles. The van der Waals surface area contributed by atoms with Gasteiger partial charge in [0.05, 0.1) is 6.61 Å². The van der Waals surface area contributed by atoms with Crippen molar-refractivity contribution in [3.8, 4) is 16.3 Å². The lowest BCUT2D eigenvalue weighted by Gasteiger charge is -2.21. The van der Waals surface area contributed by atoms with Crippen LogP contribution < -0.4 is 9.64 Å². The summed E-state index contributed by atoms with van der Waals surface area (Å²) in [7, 11) is 0. The van der Waals surface area contributed by atoms with Crippen LogP contribution in [0.25, 0.3) is 10.6 Å². The average molecular weight is 347 g/mol. The fourth-order valence-electron chi connectivity index (χ4n) is 2.30. The van der Waals surface area contributed by atoms with E-state index < -0.39 is 0 Å². The molecule has 0 fully saturated rings. The highest BCUT2D eigenvalue weighted by molar-refractivity contribution is 7.18. The Morgan fingerprint density at radius 3 is 2.50 bits per heavy atom. The van der Waals surface area contributed by atoms with E-state index in [1.165, 1.54) is 11.3 Å². The normalized spacial score (nSPS) is 10.9. The third-order valence-electron chi connectivity index (χ3n) is 3.37. The minimum absolute atomic E-state index is 0.112. The molecule has 2 aromatic rings. The Bertz CT molecular complexity index is 653. The van der Waals surface area contributed by atoms with Crippen LogP contribution in [0.4, 0.5) is 5.13 Å². The number of hydrogen-bond acceptors (Lipinski definition) is 5. The first-order valence-electron chi connectivity index (χ1n) is 8.42. The van der Waals surface area contributed by atoms with Crippen LogP contribution in [0.3, 0.4) is 0 Å². The Hall–Kier alpha value is -1.95. The highest BCUT2D eigenvalue weighted by atomic mass is 32.1. The van der Waals surface area contributed by atoms with Crippen molar-refractivity contribution in [2.24, 2.45) is 5.92 Å². The van der Waals surface area contributed by atoms with Gasteiger partial charge in [-0.3, -0.25) is 9.69 Å². The van der Waals surface area contributed by atoms with Crippen LogP contribution in [-0.2, 0) is 4.79 Å². The van der Waals surface area contributed by atoms with Gasteiger partial charge in [0, 0.05) is 18.5 Å². The Morgan fingerprint density at radius 1 is 1.21 bits per heavy atom. The molecule has 5 nitrogen and oxygen atoms in total. The van der Waals surface area contributed by atoms with Gasteiger partial charge < -0.3 is 4.74 Å². The first-order valence-corrected chi connectivity index (χ1v) is 9.23. The third-order valence-corrected chi connectivity index (χ3v) is 4.37. The van der Waals surface area contributed by atoms with Crippen LogP contribution in [0.15, 0.2) is 24.3 Å². The second-order valence-corrected chi connectivity index (χ2v) is 6.95. The summed E-state index contributed by atoms with van der Waals surface area (Å²) in [5.41, 5.74) is 0.981. The van der Waals surface area contributed by atoms with Gasteiger partial charge in [-0.25, -0.2) is 0 Å². The summed E-state index contributed by atoms with van der Waals surface area (Å²) in [4.78, 5) is 14.2. The van der Waals surface area contributed by atoms with Gasteiger partial charge >= 0.3 is 0 Å². The van der Waals surface area contributed by atoms with E-state index in [9.17, 15) is 4.79 Å². The van der Waals surface area contributed by atoms with Crippen LogP contribution in [0, 0.1) is 5.92 Å². The summed E-state index contributed by atoms with van der Waals surface area (Å²) in [6.07, 6.45) is 1.36. The predicted octanol–water partition coefficient (Wildman–Crippen LogP) is 4.39. The number of carbonyl (C=O) groups excluding carboxylic acids is 1. The van der Waals surface area contributed by atoms with Gasteiger partial charge in [0.15, 0.2) is 0 Å². The second-order valence-electron chi connectivity index (χ2n) is 6.00. The monoisotopic (exact) mass is 347 g/mol. The van der Waals surface area contributed by atoms with Gasteiger partial charge in [0.1, 0.15) is 10.8 Å². The summed E-state index contributed by atoms with van der Waals surface area (Å²) in [6, 6.07) is 7.79. The van der Waals surface area contributed by atoms with E-state index >= 15 is 0 Å². The van der Waals surface area contributed by atoms with E-state index in [-0.39, 0.29) is 5.91 Å². The molecule has 0 saturated heterocycles. The number of carbonyl (C=O) groups is 1. The molecule has 0 N–H and O–H groups in total. The van der Waals surface area contributed by atoms with Crippen molar-refractivity contribution in [1.82, 2.24) is 10.2 Å². The molecule has 0 radical (unpaired) electrons. The van der Waals surface area contributed by atoms with Crippen LogP contribution >= 0.6 is 11.3 Å². The van der Waals surface area contributed by atoms with E-state index in [0.29, 0.717) is 30.6 Å². The van der Waals surface area contributed by atoms with Gasteiger partial charge in [-0.1, -0.05) is 32.1 Å². The van der Waals surface area contributed by atoms with Crippen LogP contribution in [0.2, 0.25) is 0 Å². The lowest BCUT2D eigenvalue weighted by atomic mass is 10.2. The molecule has 0 aliphatic rings. The summed E-state index contributed by atoms with van der Waals surface area (Å²) in [5.74, 6) is 1.33. The molecule has 2 rings (SSSR count). The molecule has 0 saturated carbocycles. The molecule has 24 heavy (non-hydrogen) atoms. The van der Waals surface area contributed by atoms with Crippen LogP contribution in [0.5, 0.6) is 5.75 Å². The lowest BCUT2D eigenvalue weighted by Crippen LogP contribution is -2.33. The SMILES string of the molecule is CCCC(=O)N(CC(C)C)c1nnc(-c2ccc(OCC)cc2)s1. The van der Waals surface area contributed by atoms with Crippen molar-refractivity contribution >= 4 is 22.4 Å².